The van der Waals surface area contributed by atoms with E-state index < -0.39 is 0 Å². The zero-order chi connectivity index (χ0) is 15.1. The molecule has 0 aliphatic carbocycles. The van der Waals surface area contributed by atoms with Crippen LogP contribution in [0, 0.1) is 0 Å². The van der Waals surface area contributed by atoms with Crippen molar-refractivity contribution in [3.05, 3.63) is 48.0 Å². The standard InChI is InChI=1S/C16H22ClN3O/c1-16(2,21-15-6-4-14(17)5-7-15)12-18-8-3-10-20-11-9-19-13-20/h4-7,9,11,13,18H,3,8,10,12H2,1-2H3. The fourth-order valence-corrected chi connectivity index (χ4v) is 2.18. The van der Waals surface area contributed by atoms with Gasteiger partial charge in [0.05, 0.1) is 6.33 Å². The Bertz CT molecular complexity index is 523. The topological polar surface area (TPSA) is 39.1 Å². The van der Waals surface area contributed by atoms with Gasteiger partial charge in [0.1, 0.15) is 11.4 Å². The molecule has 0 atom stereocenters. The fraction of sp³-hybridized carbons (Fsp3) is 0.438. The second kappa shape index (κ2) is 7.48. The van der Waals surface area contributed by atoms with Gasteiger partial charge in [-0.2, -0.15) is 0 Å². The van der Waals surface area contributed by atoms with Crippen LogP contribution in [0.1, 0.15) is 20.3 Å². The Balaban J connectivity index is 1.67. The number of hydrogen-bond donors (Lipinski definition) is 1. The molecule has 2 aromatic rings. The molecule has 0 saturated heterocycles. The van der Waals surface area contributed by atoms with Crippen molar-refractivity contribution in [3.8, 4) is 5.75 Å². The van der Waals surface area contributed by atoms with Gasteiger partial charge < -0.3 is 14.6 Å². The maximum absolute atomic E-state index is 5.97. The predicted octanol–water partition coefficient (Wildman–Crippen LogP) is 3.37. The van der Waals surface area contributed by atoms with Crippen LogP contribution in [0.5, 0.6) is 5.75 Å². The van der Waals surface area contributed by atoms with E-state index >= 15 is 0 Å². The molecule has 21 heavy (non-hydrogen) atoms. The van der Waals surface area contributed by atoms with Crippen molar-refractivity contribution in [3.63, 3.8) is 0 Å². The third-order valence-electron chi connectivity index (χ3n) is 3.09. The van der Waals surface area contributed by atoms with Gasteiger partial charge in [0.15, 0.2) is 0 Å². The lowest BCUT2D eigenvalue weighted by Gasteiger charge is -2.27. The van der Waals surface area contributed by atoms with E-state index in [-0.39, 0.29) is 5.60 Å². The first-order valence-electron chi connectivity index (χ1n) is 7.16. The molecule has 4 nitrogen and oxygen atoms in total. The van der Waals surface area contributed by atoms with E-state index in [2.05, 4.69) is 28.7 Å². The highest BCUT2D eigenvalue weighted by Gasteiger charge is 2.19. The number of ether oxygens (including phenoxy) is 1. The van der Waals surface area contributed by atoms with Crippen LogP contribution in [0.3, 0.4) is 0 Å². The number of imidazole rings is 1. The Labute approximate surface area is 131 Å². The molecule has 0 unspecified atom stereocenters. The largest absolute Gasteiger partial charge is 0.487 e. The van der Waals surface area contributed by atoms with Crippen molar-refractivity contribution in [2.45, 2.75) is 32.4 Å². The molecule has 0 aliphatic heterocycles. The van der Waals surface area contributed by atoms with Crippen LogP contribution in [0.15, 0.2) is 43.0 Å². The minimum atomic E-state index is -0.261. The summed E-state index contributed by atoms with van der Waals surface area (Å²) in [5, 5.41) is 4.16. The molecule has 0 radical (unpaired) electrons. The van der Waals surface area contributed by atoms with Gasteiger partial charge in [0.25, 0.3) is 0 Å². The lowest BCUT2D eigenvalue weighted by molar-refractivity contribution is 0.108. The van der Waals surface area contributed by atoms with Gasteiger partial charge in [-0.15, -0.1) is 0 Å². The average molecular weight is 308 g/mol. The van der Waals surface area contributed by atoms with Crippen LogP contribution >= 0.6 is 11.6 Å². The third-order valence-corrected chi connectivity index (χ3v) is 3.34. The summed E-state index contributed by atoms with van der Waals surface area (Å²) in [5.74, 6) is 0.838. The molecule has 0 fully saturated rings. The molecule has 0 aliphatic rings. The summed E-state index contributed by atoms with van der Waals surface area (Å²) in [6.45, 7) is 6.87. The number of rotatable bonds is 8. The zero-order valence-corrected chi connectivity index (χ0v) is 13.3. The van der Waals surface area contributed by atoms with E-state index in [9.17, 15) is 0 Å². The van der Waals surface area contributed by atoms with Gasteiger partial charge in [0.2, 0.25) is 0 Å². The molecule has 1 N–H and O–H groups in total. The monoisotopic (exact) mass is 307 g/mol. The van der Waals surface area contributed by atoms with E-state index in [1.807, 2.05) is 36.8 Å². The van der Waals surface area contributed by atoms with Crippen LogP contribution in [0.25, 0.3) is 0 Å². The minimum absolute atomic E-state index is 0.261. The first-order chi connectivity index (χ1) is 10.1. The van der Waals surface area contributed by atoms with Crippen molar-refractivity contribution in [2.75, 3.05) is 13.1 Å². The smallest absolute Gasteiger partial charge is 0.120 e. The highest BCUT2D eigenvalue weighted by atomic mass is 35.5. The van der Waals surface area contributed by atoms with Gasteiger partial charge in [-0.05, 0) is 51.1 Å². The van der Waals surface area contributed by atoms with Crippen LogP contribution < -0.4 is 10.1 Å². The molecule has 1 heterocycles. The molecule has 5 heteroatoms. The molecule has 2 rings (SSSR count). The van der Waals surface area contributed by atoms with Crippen LogP contribution in [0.4, 0.5) is 0 Å². The quantitative estimate of drug-likeness (QED) is 0.760. The molecule has 114 valence electrons. The summed E-state index contributed by atoms with van der Waals surface area (Å²) in [7, 11) is 0. The number of nitrogens with one attached hydrogen (secondary N) is 1. The van der Waals surface area contributed by atoms with Crippen LogP contribution in [-0.2, 0) is 6.54 Å². The summed E-state index contributed by atoms with van der Waals surface area (Å²) in [5.41, 5.74) is -0.261. The predicted molar refractivity (Wildman–Crippen MR) is 85.9 cm³/mol. The summed E-state index contributed by atoms with van der Waals surface area (Å²) < 4.78 is 8.05. The number of nitrogens with zero attached hydrogens (tertiary/aromatic N) is 2. The zero-order valence-electron chi connectivity index (χ0n) is 12.6. The highest BCUT2D eigenvalue weighted by molar-refractivity contribution is 6.30. The summed E-state index contributed by atoms with van der Waals surface area (Å²) in [4.78, 5) is 4.03. The fourth-order valence-electron chi connectivity index (χ4n) is 2.05. The van der Waals surface area contributed by atoms with Crippen molar-refractivity contribution < 1.29 is 4.74 Å². The van der Waals surface area contributed by atoms with E-state index in [0.29, 0.717) is 0 Å². The lowest BCUT2D eigenvalue weighted by atomic mass is 10.1. The summed E-state index contributed by atoms with van der Waals surface area (Å²) in [6, 6.07) is 7.46. The molecule has 0 bridgehead atoms. The van der Waals surface area contributed by atoms with Gasteiger partial charge in [-0.3, -0.25) is 0 Å². The molecule has 1 aromatic carbocycles. The van der Waals surface area contributed by atoms with E-state index in [0.717, 1.165) is 36.8 Å². The van der Waals surface area contributed by atoms with E-state index in [4.69, 9.17) is 16.3 Å². The second-order valence-electron chi connectivity index (χ2n) is 5.65. The normalized spacial score (nSPS) is 11.6. The number of aromatic nitrogens is 2. The van der Waals surface area contributed by atoms with Crippen molar-refractivity contribution >= 4 is 11.6 Å². The maximum Gasteiger partial charge on any atom is 0.120 e. The van der Waals surface area contributed by atoms with Gasteiger partial charge in [-0.1, -0.05) is 11.6 Å². The molecule has 0 spiro atoms. The van der Waals surface area contributed by atoms with Gasteiger partial charge in [0, 0.05) is 30.5 Å². The van der Waals surface area contributed by atoms with Crippen molar-refractivity contribution in [1.82, 2.24) is 14.9 Å². The molecular formula is C16H22ClN3O. The summed E-state index contributed by atoms with van der Waals surface area (Å²) in [6.07, 6.45) is 6.69. The Morgan fingerprint density at radius 3 is 2.71 bits per heavy atom. The third kappa shape index (κ3) is 5.78. The first-order valence-corrected chi connectivity index (χ1v) is 7.54. The molecule has 0 amide bonds. The first kappa shape index (κ1) is 15.9. The molecule has 1 aromatic heterocycles. The number of benzene rings is 1. The van der Waals surface area contributed by atoms with E-state index in [1.165, 1.54) is 0 Å². The van der Waals surface area contributed by atoms with Crippen molar-refractivity contribution in [1.29, 1.82) is 0 Å². The Kier molecular flexibility index (Phi) is 5.65. The number of halogens is 1. The molecular weight excluding hydrogens is 286 g/mol. The van der Waals surface area contributed by atoms with Gasteiger partial charge >= 0.3 is 0 Å². The Morgan fingerprint density at radius 2 is 2.05 bits per heavy atom. The van der Waals surface area contributed by atoms with E-state index in [1.54, 1.807) is 6.20 Å². The average Bonchev–Trinajstić information content (AvgIpc) is 2.94. The Morgan fingerprint density at radius 1 is 1.29 bits per heavy atom. The van der Waals surface area contributed by atoms with Crippen LogP contribution in [-0.4, -0.2) is 28.2 Å². The molecule has 0 saturated carbocycles. The SMILES string of the molecule is CC(C)(CNCCCn1ccnc1)Oc1ccc(Cl)cc1. The Hall–Kier alpha value is -1.52. The number of hydrogen-bond acceptors (Lipinski definition) is 3. The summed E-state index contributed by atoms with van der Waals surface area (Å²) >= 11 is 5.87. The number of aryl methyl sites for hydroxylation is 1. The van der Waals surface area contributed by atoms with Gasteiger partial charge in [-0.25, -0.2) is 4.98 Å². The van der Waals surface area contributed by atoms with Crippen LogP contribution in [0.2, 0.25) is 5.02 Å². The van der Waals surface area contributed by atoms with Crippen molar-refractivity contribution in [2.24, 2.45) is 0 Å². The maximum atomic E-state index is 5.97. The highest BCUT2D eigenvalue weighted by Crippen LogP contribution is 2.20. The lowest BCUT2D eigenvalue weighted by Crippen LogP contribution is -2.40. The second-order valence-corrected chi connectivity index (χ2v) is 6.08. The minimum Gasteiger partial charge on any atom is -0.487 e.